The quantitative estimate of drug-likeness (QED) is 0.286. The molecule has 0 aliphatic heterocycles. The van der Waals surface area contributed by atoms with Crippen LogP contribution in [0.4, 0.5) is 23.2 Å². The standard InChI is InChI=1S/C26H20F4N4O4S/c1-39(36,37)33-19-6-5-16-8-23(25(32)35)34(22(16)11-19)20-9-18(10-21(12-20)38-14-24(27)28)26(29,30)17-4-2-3-15(7-17)13-31/h2-12,24,33H,14H2,1H3,(H2,32,35). The number of nitrogens with one attached hydrogen (secondary N) is 1. The van der Waals surface area contributed by atoms with Crippen molar-refractivity contribution in [3.05, 3.63) is 89.1 Å². The number of primary amides is 1. The highest BCUT2D eigenvalue weighted by Gasteiger charge is 2.35. The minimum absolute atomic E-state index is 0.0178. The van der Waals surface area contributed by atoms with Gasteiger partial charge in [0.15, 0.2) is 0 Å². The van der Waals surface area contributed by atoms with E-state index in [1.165, 1.54) is 47.0 Å². The summed E-state index contributed by atoms with van der Waals surface area (Å²) in [6, 6.07) is 15.3. The van der Waals surface area contributed by atoms with Crippen molar-refractivity contribution in [2.24, 2.45) is 5.73 Å². The molecule has 0 saturated heterocycles. The maximum Gasteiger partial charge on any atom is 0.298 e. The summed E-state index contributed by atoms with van der Waals surface area (Å²) in [4.78, 5) is 12.3. The van der Waals surface area contributed by atoms with Crippen LogP contribution < -0.4 is 15.2 Å². The third-order valence-electron chi connectivity index (χ3n) is 5.60. The Morgan fingerprint density at radius 1 is 1.10 bits per heavy atom. The number of hydrogen-bond donors (Lipinski definition) is 2. The fraction of sp³-hybridized carbons (Fsp3) is 0.154. The van der Waals surface area contributed by atoms with Crippen molar-refractivity contribution in [3.8, 4) is 17.5 Å². The molecule has 0 spiro atoms. The smallest absolute Gasteiger partial charge is 0.298 e. The number of alkyl halides is 4. The van der Waals surface area contributed by atoms with E-state index in [9.17, 15) is 22.0 Å². The highest BCUT2D eigenvalue weighted by atomic mass is 32.2. The summed E-state index contributed by atoms with van der Waals surface area (Å²) in [6.07, 6.45) is -1.96. The third kappa shape index (κ3) is 5.96. The van der Waals surface area contributed by atoms with Gasteiger partial charge in [-0.3, -0.25) is 9.52 Å². The number of anilines is 1. The zero-order valence-corrected chi connectivity index (χ0v) is 21.0. The molecule has 3 N–H and O–H groups in total. The molecule has 0 aliphatic carbocycles. The minimum Gasteiger partial charge on any atom is -0.488 e. The predicted molar refractivity (Wildman–Crippen MR) is 136 cm³/mol. The molecule has 0 bridgehead atoms. The molecule has 4 aromatic rings. The van der Waals surface area contributed by atoms with E-state index in [0.29, 0.717) is 5.39 Å². The first-order valence-corrected chi connectivity index (χ1v) is 13.1. The van der Waals surface area contributed by atoms with Crippen LogP contribution in [0.25, 0.3) is 16.6 Å². The number of fused-ring (bicyclic) bond motifs is 1. The fourth-order valence-corrected chi connectivity index (χ4v) is 4.58. The number of amides is 1. The van der Waals surface area contributed by atoms with E-state index in [1.54, 1.807) is 6.07 Å². The minimum atomic E-state index is -3.72. The van der Waals surface area contributed by atoms with Crippen LogP contribution in [0.5, 0.6) is 5.75 Å². The van der Waals surface area contributed by atoms with Crippen LogP contribution in [0.15, 0.2) is 66.7 Å². The topological polar surface area (TPSA) is 127 Å². The van der Waals surface area contributed by atoms with Gasteiger partial charge in [0, 0.05) is 22.6 Å². The summed E-state index contributed by atoms with van der Waals surface area (Å²) < 4.78 is 89.3. The zero-order valence-electron chi connectivity index (χ0n) is 20.2. The van der Waals surface area contributed by atoms with Gasteiger partial charge in [0.2, 0.25) is 10.0 Å². The van der Waals surface area contributed by atoms with E-state index in [1.807, 2.05) is 0 Å². The first kappa shape index (κ1) is 27.5. The Morgan fingerprint density at radius 2 is 1.85 bits per heavy atom. The maximum atomic E-state index is 15.7. The van der Waals surface area contributed by atoms with Crippen molar-refractivity contribution in [1.82, 2.24) is 4.57 Å². The van der Waals surface area contributed by atoms with E-state index in [4.69, 9.17) is 15.7 Å². The molecule has 3 aromatic carbocycles. The monoisotopic (exact) mass is 560 g/mol. The Hall–Kier alpha value is -4.57. The van der Waals surface area contributed by atoms with Crippen LogP contribution in [0, 0.1) is 11.3 Å². The lowest BCUT2D eigenvalue weighted by molar-refractivity contribution is 0.0421. The van der Waals surface area contributed by atoms with E-state index in [-0.39, 0.29) is 33.9 Å². The van der Waals surface area contributed by atoms with Gasteiger partial charge in [-0.2, -0.15) is 14.0 Å². The summed E-state index contributed by atoms with van der Waals surface area (Å²) in [7, 11) is -3.68. The van der Waals surface area contributed by atoms with Crippen molar-refractivity contribution in [2.75, 3.05) is 17.6 Å². The van der Waals surface area contributed by atoms with E-state index >= 15 is 8.78 Å². The van der Waals surface area contributed by atoms with Crippen molar-refractivity contribution in [3.63, 3.8) is 0 Å². The number of aromatic nitrogens is 1. The molecule has 0 fully saturated rings. The average molecular weight is 561 g/mol. The molecule has 0 atom stereocenters. The fourth-order valence-electron chi connectivity index (χ4n) is 4.03. The van der Waals surface area contributed by atoms with E-state index in [0.717, 1.165) is 30.5 Å². The Bertz CT molecular complexity index is 1730. The lowest BCUT2D eigenvalue weighted by Gasteiger charge is -2.21. The molecule has 4 rings (SSSR count). The molecule has 1 amide bonds. The predicted octanol–water partition coefficient (Wildman–Crippen LogP) is 4.76. The Morgan fingerprint density at radius 3 is 2.49 bits per heavy atom. The largest absolute Gasteiger partial charge is 0.488 e. The number of carbonyl (C=O) groups is 1. The van der Waals surface area contributed by atoms with Gasteiger partial charge in [-0.15, -0.1) is 0 Å². The number of benzene rings is 3. The first-order chi connectivity index (χ1) is 18.3. The van der Waals surface area contributed by atoms with Crippen molar-refractivity contribution in [1.29, 1.82) is 5.26 Å². The van der Waals surface area contributed by atoms with Crippen LogP contribution in [-0.2, 0) is 15.9 Å². The van der Waals surface area contributed by atoms with Gasteiger partial charge >= 0.3 is 0 Å². The first-order valence-electron chi connectivity index (χ1n) is 11.2. The highest BCUT2D eigenvalue weighted by molar-refractivity contribution is 7.92. The number of halogens is 4. The summed E-state index contributed by atoms with van der Waals surface area (Å²) in [5.74, 6) is -5.00. The Balaban J connectivity index is 1.98. The maximum absolute atomic E-state index is 15.7. The summed E-state index contributed by atoms with van der Waals surface area (Å²) >= 11 is 0. The molecule has 202 valence electrons. The summed E-state index contributed by atoms with van der Waals surface area (Å²) in [5, 5.41) is 9.55. The number of nitriles is 1. The number of carbonyl (C=O) groups excluding carboxylic acids is 1. The number of nitrogens with two attached hydrogens (primary N) is 1. The molecule has 0 saturated carbocycles. The van der Waals surface area contributed by atoms with Gasteiger partial charge in [-0.1, -0.05) is 18.2 Å². The van der Waals surface area contributed by atoms with Crippen LogP contribution >= 0.6 is 0 Å². The van der Waals surface area contributed by atoms with Crippen molar-refractivity contribution >= 4 is 32.5 Å². The van der Waals surface area contributed by atoms with Gasteiger partial charge in [0.1, 0.15) is 18.1 Å². The van der Waals surface area contributed by atoms with Crippen LogP contribution in [-0.4, -0.2) is 38.2 Å². The summed E-state index contributed by atoms with van der Waals surface area (Å²) in [6.45, 7) is -1.09. The molecule has 0 aliphatic rings. The average Bonchev–Trinajstić information content (AvgIpc) is 3.25. The second-order valence-electron chi connectivity index (χ2n) is 8.56. The van der Waals surface area contributed by atoms with Gasteiger partial charge < -0.3 is 15.0 Å². The van der Waals surface area contributed by atoms with Gasteiger partial charge in [0.25, 0.3) is 18.3 Å². The van der Waals surface area contributed by atoms with Gasteiger partial charge in [-0.05, 0) is 42.5 Å². The molecule has 0 unspecified atom stereocenters. The number of ether oxygens (including phenoxy) is 1. The summed E-state index contributed by atoms with van der Waals surface area (Å²) in [5.41, 5.74) is 4.42. The normalized spacial score (nSPS) is 11.9. The van der Waals surface area contributed by atoms with Gasteiger partial charge in [-0.25, -0.2) is 17.2 Å². The molecule has 0 radical (unpaired) electrons. The van der Waals surface area contributed by atoms with Crippen LogP contribution in [0.3, 0.4) is 0 Å². The number of rotatable bonds is 9. The molecule has 8 nitrogen and oxygen atoms in total. The van der Waals surface area contributed by atoms with E-state index in [2.05, 4.69) is 4.72 Å². The molecular formula is C26H20F4N4O4S. The Kier molecular flexibility index (Phi) is 7.25. The van der Waals surface area contributed by atoms with Gasteiger partial charge in [0.05, 0.1) is 34.8 Å². The molecule has 39 heavy (non-hydrogen) atoms. The van der Waals surface area contributed by atoms with Crippen LogP contribution in [0.2, 0.25) is 0 Å². The lowest BCUT2D eigenvalue weighted by atomic mass is 9.98. The number of nitrogens with zero attached hydrogens (tertiary/aromatic N) is 2. The van der Waals surface area contributed by atoms with E-state index < -0.39 is 46.0 Å². The third-order valence-corrected chi connectivity index (χ3v) is 6.21. The number of sulfonamides is 1. The van der Waals surface area contributed by atoms with Crippen LogP contribution in [0.1, 0.15) is 27.2 Å². The zero-order chi connectivity index (χ0) is 28.5. The molecular weight excluding hydrogens is 540 g/mol. The Labute approximate surface area is 220 Å². The second-order valence-corrected chi connectivity index (χ2v) is 10.3. The molecule has 1 aromatic heterocycles. The van der Waals surface area contributed by atoms with Crippen molar-refractivity contribution < 1.29 is 35.5 Å². The molecule has 13 heteroatoms. The second kappa shape index (κ2) is 10.3. The molecule has 1 heterocycles. The lowest BCUT2D eigenvalue weighted by Crippen LogP contribution is -2.19. The SMILES string of the molecule is CS(=O)(=O)Nc1ccc2cc(C(N)=O)n(-c3cc(OCC(F)F)cc(C(F)(F)c4cccc(C#N)c4)c3)c2c1. The van der Waals surface area contributed by atoms with Crippen molar-refractivity contribution in [2.45, 2.75) is 12.3 Å². The number of hydrogen-bond acceptors (Lipinski definition) is 5. The highest BCUT2D eigenvalue weighted by Crippen LogP contribution is 2.40.